The van der Waals surface area contributed by atoms with E-state index in [-0.39, 0.29) is 5.75 Å². The molecule has 0 unspecified atom stereocenters. The molecule has 0 saturated carbocycles. The van der Waals surface area contributed by atoms with Crippen LogP contribution < -0.4 is 5.32 Å². The second-order valence-corrected chi connectivity index (χ2v) is 6.25. The number of aromatic nitrogens is 1. The molecule has 6 heteroatoms. The Balaban J connectivity index is 2.29. The molecule has 2 rings (SSSR count). The van der Waals surface area contributed by atoms with Crippen molar-refractivity contribution in [1.29, 1.82) is 0 Å². The molecule has 1 heterocycles. The van der Waals surface area contributed by atoms with Gasteiger partial charge in [0, 0.05) is 6.92 Å². The Morgan fingerprint density at radius 1 is 1.39 bits per heavy atom. The number of sulfone groups is 1. The molecule has 0 spiro atoms. The highest BCUT2D eigenvalue weighted by Crippen LogP contribution is 2.20. The zero-order valence-electron chi connectivity index (χ0n) is 10.4. The van der Waals surface area contributed by atoms with Gasteiger partial charge in [0.1, 0.15) is 5.52 Å². The van der Waals surface area contributed by atoms with Gasteiger partial charge in [0.25, 0.3) is 0 Å². The van der Waals surface area contributed by atoms with Gasteiger partial charge in [0.15, 0.2) is 21.3 Å². The third-order valence-corrected chi connectivity index (χ3v) is 4.46. The minimum Gasteiger partial charge on any atom is -0.441 e. The number of fused-ring (bicyclic) bond motifs is 1. The second kappa shape index (κ2) is 5.07. The lowest BCUT2D eigenvalue weighted by Gasteiger charge is -2.03. The topological polar surface area (TPSA) is 72.2 Å². The van der Waals surface area contributed by atoms with Crippen molar-refractivity contribution in [3.63, 3.8) is 0 Å². The van der Waals surface area contributed by atoms with Crippen LogP contribution in [0, 0.1) is 6.92 Å². The Bertz CT molecular complexity index is 646. The van der Waals surface area contributed by atoms with Crippen molar-refractivity contribution in [2.45, 2.75) is 18.2 Å². The third kappa shape index (κ3) is 2.70. The van der Waals surface area contributed by atoms with Gasteiger partial charge >= 0.3 is 0 Å². The minimum atomic E-state index is -3.24. The first-order valence-electron chi connectivity index (χ1n) is 5.77. The standard InChI is InChI=1S/C12H16N2O3S/c1-9-14-11-8-10(4-5-12(11)17-9)18(15,16)7-3-6-13-2/h4-5,8,13H,3,6-7H2,1-2H3. The zero-order valence-corrected chi connectivity index (χ0v) is 11.3. The number of hydrogen-bond acceptors (Lipinski definition) is 5. The summed E-state index contributed by atoms with van der Waals surface area (Å²) in [5.74, 6) is 0.672. The van der Waals surface area contributed by atoms with Crippen LogP contribution in [-0.2, 0) is 9.84 Å². The van der Waals surface area contributed by atoms with Crippen molar-refractivity contribution in [2.24, 2.45) is 0 Å². The quantitative estimate of drug-likeness (QED) is 0.832. The van der Waals surface area contributed by atoms with Gasteiger partial charge in [0.2, 0.25) is 0 Å². The van der Waals surface area contributed by atoms with Crippen molar-refractivity contribution >= 4 is 20.9 Å². The van der Waals surface area contributed by atoms with Crippen molar-refractivity contribution in [2.75, 3.05) is 19.3 Å². The van der Waals surface area contributed by atoms with Crippen LogP contribution in [0.15, 0.2) is 27.5 Å². The van der Waals surface area contributed by atoms with E-state index in [0.717, 1.165) is 0 Å². The summed E-state index contributed by atoms with van der Waals surface area (Å²) in [5, 5.41) is 2.93. The minimum absolute atomic E-state index is 0.135. The van der Waals surface area contributed by atoms with Gasteiger partial charge in [-0.25, -0.2) is 13.4 Å². The summed E-state index contributed by atoms with van der Waals surface area (Å²) in [7, 11) is -1.43. The maximum absolute atomic E-state index is 12.1. The van der Waals surface area contributed by atoms with E-state index in [4.69, 9.17) is 4.42 Å². The largest absolute Gasteiger partial charge is 0.441 e. The van der Waals surface area contributed by atoms with E-state index < -0.39 is 9.84 Å². The van der Waals surface area contributed by atoms with E-state index in [1.165, 1.54) is 0 Å². The summed E-state index contributed by atoms with van der Waals surface area (Å²) in [6.45, 7) is 2.42. The maximum atomic E-state index is 12.1. The number of aryl methyl sites for hydroxylation is 1. The Morgan fingerprint density at radius 2 is 2.17 bits per heavy atom. The number of nitrogens with one attached hydrogen (secondary N) is 1. The molecular weight excluding hydrogens is 252 g/mol. The SMILES string of the molecule is CNCCCS(=O)(=O)c1ccc2oc(C)nc2c1. The highest BCUT2D eigenvalue weighted by Gasteiger charge is 2.15. The van der Waals surface area contributed by atoms with Crippen molar-refractivity contribution < 1.29 is 12.8 Å². The molecule has 0 atom stereocenters. The van der Waals surface area contributed by atoms with Crippen LogP contribution >= 0.6 is 0 Å². The highest BCUT2D eigenvalue weighted by molar-refractivity contribution is 7.91. The van der Waals surface area contributed by atoms with E-state index in [2.05, 4.69) is 10.3 Å². The van der Waals surface area contributed by atoms with Crippen LogP contribution in [0.1, 0.15) is 12.3 Å². The van der Waals surface area contributed by atoms with Crippen LogP contribution in [0.3, 0.4) is 0 Å². The molecule has 0 bridgehead atoms. The summed E-state index contributed by atoms with van der Waals surface area (Å²) in [4.78, 5) is 4.45. The van der Waals surface area contributed by atoms with Crippen LogP contribution in [0.2, 0.25) is 0 Å². The average Bonchev–Trinajstić information content (AvgIpc) is 2.68. The first kappa shape index (κ1) is 13.0. The van der Waals surface area contributed by atoms with E-state index >= 15 is 0 Å². The molecule has 0 aliphatic carbocycles. The van der Waals surface area contributed by atoms with Crippen LogP contribution in [0.4, 0.5) is 0 Å². The Morgan fingerprint density at radius 3 is 2.89 bits per heavy atom. The summed E-state index contributed by atoms with van der Waals surface area (Å²) in [5.41, 5.74) is 1.20. The Labute approximate surface area is 106 Å². The third-order valence-electron chi connectivity index (χ3n) is 2.66. The van der Waals surface area contributed by atoms with Gasteiger partial charge in [-0.15, -0.1) is 0 Å². The number of benzene rings is 1. The smallest absolute Gasteiger partial charge is 0.192 e. The molecule has 1 N–H and O–H groups in total. The molecule has 1 aromatic heterocycles. The molecule has 98 valence electrons. The highest BCUT2D eigenvalue weighted by atomic mass is 32.2. The first-order chi connectivity index (χ1) is 8.53. The zero-order chi connectivity index (χ0) is 13.2. The maximum Gasteiger partial charge on any atom is 0.192 e. The normalized spacial score (nSPS) is 12.1. The molecule has 0 aliphatic heterocycles. The fourth-order valence-electron chi connectivity index (χ4n) is 1.77. The fraction of sp³-hybridized carbons (Fsp3) is 0.417. The van der Waals surface area contributed by atoms with Gasteiger partial charge in [-0.2, -0.15) is 0 Å². The van der Waals surface area contributed by atoms with Crippen molar-refractivity contribution in [1.82, 2.24) is 10.3 Å². The number of oxazole rings is 1. The lowest BCUT2D eigenvalue weighted by molar-refractivity contribution is 0.561. The van der Waals surface area contributed by atoms with Gasteiger partial charge in [-0.05, 0) is 38.2 Å². The van der Waals surface area contributed by atoms with Gasteiger partial charge in [0.05, 0.1) is 10.6 Å². The molecule has 0 fully saturated rings. The second-order valence-electron chi connectivity index (χ2n) is 4.14. The van der Waals surface area contributed by atoms with Gasteiger partial charge in [-0.3, -0.25) is 0 Å². The fourth-order valence-corrected chi connectivity index (χ4v) is 3.10. The van der Waals surface area contributed by atoms with Crippen LogP contribution in [0.25, 0.3) is 11.1 Å². The van der Waals surface area contributed by atoms with Crippen molar-refractivity contribution in [3.05, 3.63) is 24.1 Å². The Kier molecular flexibility index (Phi) is 3.68. The molecule has 0 saturated heterocycles. The number of nitrogens with zero attached hydrogens (tertiary/aromatic N) is 1. The van der Waals surface area contributed by atoms with E-state index in [1.54, 1.807) is 32.2 Å². The molecule has 1 aromatic carbocycles. The van der Waals surface area contributed by atoms with E-state index in [9.17, 15) is 8.42 Å². The predicted molar refractivity (Wildman–Crippen MR) is 69.3 cm³/mol. The summed E-state index contributed by atoms with van der Waals surface area (Å²) in [6.07, 6.45) is 0.592. The van der Waals surface area contributed by atoms with Crippen molar-refractivity contribution in [3.8, 4) is 0 Å². The molecule has 18 heavy (non-hydrogen) atoms. The van der Waals surface area contributed by atoms with E-state index in [1.807, 2.05) is 0 Å². The van der Waals surface area contributed by atoms with Gasteiger partial charge in [-0.1, -0.05) is 0 Å². The molecular formula is C12H16N2O3S. The molecule has 5 nitrogen and oxygen atoms in total. The lowest BCUT2D eigenvalue weighted by Crippen LogP contribution is -2.14. The molecule has 0 radical (unpaired) electrons. The molecule has 0 amide bonds. The Hall–Kier alpha value is -1.40. The summed E-state index contributed by atoms with van der Waals surface area (Å²) < 4.78 is 29.5. The van der Waals surface area contributed by atoms with Gasteiger partial charge < -0.3 is 9.73 Å². The van der Waals surface area contributed by atoms with Crippen LogP contribution in [-0.4, -0.2) is 32.7 Å². The summed E-state index contributed by atoms with van der Waals surface area (Å²) >= 11 is 0. The molecule has 2 aromatic rings. The lowest BCUT2D eigenvalue weighted by atomic mass is 10.3. The average molecular weight is 268 g/mol. The predicted octanol–water partition coefficient (Wildman–Crippen LogP) is 1.52. The first-order valence-corrected chi connectivity index (χ1v) is 7.43. The summed E-state index contributed by atoms with van der Waals surface area (Å²) in [6, 6.07) is 4.79. The van der Waals surface area contributed by atoms with E-state index in [0.29, 0.717) is 34.9 Å². The monoisotopic (exact) mass is 268 g/mol. The number of hydrogen-bond donors (Lipinski definition) is 1. The van der Waals surface area contributed by atoms with Crippen LogP contribution in [0.5, 0.6) is 0 Å². The molecule has 0 aliphatic rings. The number of rotatable bonds is 5.